The summed E-state index contributed by atoms with van der Waals surface area (Å²) in [6, 6.07) is 7.82. The molecule has 3 rings (SSSR count). The van der Waals surface area contributed by atoms with Crippen molar-refractivity contribution < 1.29 is 19.4 Å². The molecule has 1 aliphatic carbocycles. The molecule has 4 nitrogen and oxygen atoms in total. The van der Waals surface area contributed by atoms with Gasteiger partial charge in [0.15, 0.2) is 0 Å². The van der Waals surface area contributed by atoms with Crippen molar-refractivity contribution in [2.75, 3.05) is 13.4 Å². The Kier molecular flexibility index (Phi) is 3.29. The molecule has 0 amide bonds. The molecular formula is C15H18O4. The number of carbonyl (C=O) groups is 1. The van der Waals surface area contributed by atoms with Gasteiger partial charge in [0.05, 0.1) is 12.0 Å². The quantitative estimate of drug-likeness (QED) is 0.909. The molecule has 4 heteroatoms. The first kappa shape index (κ1) is 12.6. The van der Waals surface area contributed by atoms with Gasteiger partial charge in [-0.3, -0.25) is 4.79 Å². The van der Waals surface area contributed by atoms with Gasteiger partial charge in [-0.05, 0) is 24.0 Å². The third-order valence-corrected chi connectivity index (χ3v) is 4.32. The van der Waals surface area contributed by atoms with Crippen LogP contribution in [0.15, 0.2) is 24.3 Å². The van der Waals surface area contributed by atoms with Gasteiger partial charge in [-0.2, -0.15) is 0 Å². The molecular weight excluding hydrogens is 244 g/mol. The number of ether oxygens (including phenoxy) is 2. The van der Waals surface area contributed by atoms with E-state index in [1.54, 1.807) is 0 Å². The molecule has 0 bridgehead atoms. The SMILES string of the molecule is O=C(O)C1(c2ccc(C3COCO3)cc2)CCCC1. The van der Waals surface area contributed by atoms with Crippen molar-refractivity contribution >= 4 is 5.97 Å². The first-order chi connectivity index (χ1) is 9.22. The van der Waals surface area contributed by atoms with E-state index in [-0.39, 0.29) is 6.10 Å². The molecule has 102 valence electrons. The highest BCUT2D eigenvalue weighted by Crippen LogP contribution is 2.41. The number of carboxylic acids is 1. The minimum Gasteiger partial charge on any atom is -0.481 e. The van der Waals surface area contributed by atoms with Crippen LogP contribution in [0.25, 0.3) is 0 Å². The minimum atomic E-state index is -0.696. The van der Waals surface area contributed by atoms with Crippen molar-refractivity contribution in [3.05, 3.63) is 35.4 Å². The predicted octanol–water partition coefficient (Wildman–Crippen LogP) is 2.63. The summed E-state index contributed by atoms with van der Waals surface area (Å²) in [6.07, 6.45) is 3.45. The number of hydrogen-bond donors (Lipinski definition) is 1. The second-order valence-electron chi connectivity index (χ2n) is 5.36. The summed E-state index contributed by atoms with van der Waals surface area (Å²) in [5.74, 6) is -0.696. The zero-order valence-corrected chi connectivity index (χ0v) is 10.8. The molecule has 1 atom stereocenters. The zero-order valence-electron chi connectivity index (χ0n) is 10.8. The van der Waals surface area contributed by atoms with Crippen molar-refractivity contribution in [1.82, 2.24) is 0 Å². The molecule has 1 unspecified atom stereocenters. The smallest absolute Gasteiger partial charge is 0.314 e. The van der Waals surface area contributed by atoms with Crippen LogP contribution in [0.2, 0.25) is 0 Å². The summed E-state index contributed by atoms with van der Waals surface area (Å²) in [7, 11) is 0. The van der Waals surface area contributed by atoms with Crippen molar-refractivity contribution in [3.8, 4) is 0 Å². The number of hydrogen-bond acceptors (Lipinski definition) is 3. The summed E-state index contributed by atoms with van der Waals surface area (Å²) in [5, 5.41) is 9.55. The van der Waals surface area contributed by atoms with Crippen molar-refractivity contribution in [1.29, 1.82) is 0 Å². The van der Waals surface area contributed by atoms with Crippen LogP contribution in [-0.2, 0) is 19.7 Å². The average Bonchev–Trinajstić information content (AvgIpc) is 3.11. The molecule has 2 aliphatic rings. The van der Waals surface area contributed by atoms with Gasteiger partial charge in [0, 0.05) is 0 Å². The molecule has 1 heterocycles. The molecule has 19 heavy (non-hydrogen) atoms. The molecule has 2 fully saturated rings. The van der Waals surface area contributed by atoms with E-state index in [1.807, 2.05) is 24.3 Å². The fraction of sp³-hybridized carbons (Fsp3) is 0.533. The Bertz CT molecular complexity index is 454. The normalized spacial score (nSPS) is 25.6. The lowest BCUT2D eigenvalue weighted by molar-refractivity contribution is -0.143. The Balaban J connectivity index is 1.86. The molecule has 1 aromatic carbocycles. The van der Waals surface area contributed by atoms with Gasteiger partial charge in [0.2, 0.25) is 0 Å². The monoisotopic (exact) mass is 262 g/mol. The highest BCUT2D eigenvalue weighted by atomic mass is 16.7. The van der Waals surface area contributed by atoms with Gasteiger partial charge in [-0.15, -0.1) is 0 Å². The van der Waals surface area contributed by atoms with Gasteiger partial charge < -0.3 is 14.6 Å². The standard InChI is InChI=1S/C15H18O4/c16-14(17)15(7-1-2-8-15)12-5-3-11(4-6-12)13-9-18-10-19-13/h3-6,13H,1-2,7-10H2,(H,16,17). The van der Waals surface area contributed by atoms with Gasteiger partial charge in [-0.1, -0.05) is 37.1 Å². The van der Waals surface area contributed by atoms with Crippen LogP contribution in [0.5, 0.6) is 0 Å². The summed E-state index contributed by atoms with van der Waals surface area (Å²) in [4.78, 5) is 11.6. The number of rotatable bonds is 3. The Labute approximate surface area is 112 Å². The second-order valence-corrected chi connectivity index (χ2v) is 5.36. The summed E-state index contributed by atoms with van der Waals surface area (Å²) >= 11 is 0. The lowest BCUT2D eigenvalue weighted by Gasteiger charge is -2.24. The molecule has 0 radical (unpaired) electrons. The van der Waals surface area contributed by atoms with E-state index in [4.69, 9.17) is 9.47 Å². The van der Waals surface area contributed by atoms with Crippen LogP contribution in [0.3, 0.4) is 0 Å². The van der Waals surface area contributed by atoms with E-state index in [9.17, 15) is 9.90 Å². The highest BCUT2D eigenvalue weighted by molar-refractivity contribution is 5.81. The maximum atomic E-state index is 11.6. The average molecular weight is 262 g/mol. The number of benzene rings is 1. The first-order valence-electron chi connectivity index (χ1n) is 6.75. The summed E-state index contributed by atoms with van der Waals surface area (Å²) < 4.78 is 10.6. The van der Waals surface area contributed by atoms with Crippen molar-refractivity contribution in [2.45, 2.75) is 37.2 Å². The van der Waals surface area contributed by atoms with Crippen LogP contribution < -0.4 is 0 Å². The molecule has 1 aromatic rings. The first-order valence-corrected chi connectivity index (χ1v) is 6.75. The van der Waals surface area contributed by atoms with Crippen molar-refractivity contribution in [3.63, 3.8) is 0 Å². The predicted molar refractivity (Wildman–Crippen MR) is 68.9 cm³/mol. The molecule has 1 saturated heterocycles. The van der Waals surface area contributed by atoms with Crippen LogP contribution in [0.4, 0.5) is 0 Å². The van der Waals surface area contributed by atoms with E-state index < -0.39 is 11.4 Å². The van der Waals surface area contributed by atoms with E-state index in [0.717, 1.165) is 36.8 Å². The summed E-state index contributed by atoms with van der Waals surface area (Å²) in [5.41, 5.74) is 1.30. The van der Waals surface area contributed by atoms with E-state index in [0.29, 0.717) is 13.4 Å². The van der Waals surface area contributed by atoms with Crippen LogP contribution in [-0.4, -0.2) is 24.5 Å². The molecule has 1 N–H and O–H groups in total. The molecule has 1 saturated carbocycles. The molecule has 1 aliphatic heterocycles. The van der Waals surface area contributed by atoms with Crippen LogP contribution >= 0.6 is 0 Å². The minimum absolute atomic E-state index is 0.0154. The Morgan fingerprint density at radius 3 is 2.42 bits per heavy atom. The summed E-state index contributed by atoms with van der Waals surface area (Å²) in [6.45, 7) is 0.912. The lowest BCUT2D eigenvalue weighted by atomic mass is 9.78. The third-order valence-electron chi connectivity index (χ3n) is 4.32. The van der Waals surface area contributed by atoms with Gasteiger partial charge >= 0.3 is 5.97 Å². The van der Waals surface area contributed by atoms with Crippen LogP contribution in [0, 0.1) is 0 Å². The Morgan fingerprint density at radius 2 is 1.89 bits per heavy atom. The Morgan fingerprint density at radius 1 is 1.21 bits per heavy atom. The van der Waals surface area contributed by atoms with Crippen LogP contribution in [0.1, 0.15) is 42.9 Å². The third kappa shape index (κ3) is 2.15. The topological polar surface area (TPSA) is 55.8 Å². The maximum absolute atomic E-state index is 11.6. The molecule has 0 spiro atoms. The number of carboxylic acid groups (broad SMARTS) is 1. The number of aliphatic carboxylic acids is 1. The van der Waals surface area contributed by atoms with Crippen molar-refractivity contribution in [2.24, 2.45) is 0 Å². The largest absolute Gasteiger partial charge is 0.481 e. The zero-order chi connectivity index (χ0) is 13.3. The van der Waals surface area contributed by atoms with E-state index >= 15 is 0 Å². The van der Waals surface area contributed by atoms with E-state index in [1.165, 1.54) is 0 Å². The van der Waals surface area contributed by atoms with Gasteiger partial charge in [-0.25, -0.2) is 0 Å². The fourth-order valence-electron chi connectivity index (χ4n) is 3.15. The molecule has 0 aromatic heterocycles. The maximum Gasteiger partial charge on any atom is 0.314 e. The second kappa shape index (κ2) is 4.94. The highest BCUT2D eigenvalue weighted by Gasteiger charge is 2.42. The lowest BCUT2D eigenvalue weighted by Crippen LogP contribution is -2.32. The Hall–Kier alpha value is -1.39. The fourth-order valence-corrected chi connectivity index (χ4v) is 3.15. The van der Waals surface area contributed by atoms with Gasteiger partial charge in [0.1, 0.15) is 12.9 Å². The van der Waals surface area contributed by atoms with Gasteiger partial charge in [0.25, 0.3) is 0 Å². The van der Waals surface area contributed by atoms with E-state index in [2.05, 4.69) is 0 Å².